The molecule has 0 unspecified atom stereocenters. The van der Waals surface area contributed by atoms with Crippen LogP contribution in [-0.4, -0.2) is 40.1 Å². The zero-order chi connectivity index (χ0) is 18.4. The van der Waals surface area contributed by atoms with Gasteiger partial charge in [-0.15, -0.1) is 0 Å². The molecule has 0 saturated carbocycles. The fraction of sp³-hybridized carbons (Fsp3) is 0.400. The van der Waals surface area contributed by atoms with E-state index in [0.29, 0.717) is 6.61 Å². The van der Waals surface area contributed by atoms with Gasteiger partial charge in [0.1, 0.15) is 4.49 Å². The topological polar surface area (TPSA) is 84.5 Å². The first-order valence-electron chi connectivity index (χ1n) is 7.49. The maximum atomic E-state index is 12.4. The van der Waals surface area contributed by atoms with Crippen molar-refractivity contribution in [1.29, 1.82) is 0 Å². The van der Waals surface area contributed by atoms with Gasteiger partial charge in [0.05, 0.1) is 22.6 Å². The van der Waals surface area contributed by atoms with Crippen molar-refractivity contribution in [1.82, 2.24) is 10.0 Å². The third kappa shape index (κ3) is 6.13. The van der Waals surface area contributed by atoms with E-state index in [2.05, 4.69) is 10.0 Å². The minimum atomic E-state index is -3.74. The molecule has 1 amide bonds. The Labute approximate surface area is 161 Å². The summed E-state index contributed by atoms with van der Waals surface area (Å²) in [6.07, 6.45) is 1.63. The second-order valence-electron chi connectivity index (χ2n) is 5.36. The van der Waals surface area contributed by atoms with E-state index in [1.165, 1.54) is 24.3 Å². The van der Waals surface area contributed by atoms with E-state index in [-0.39, 0.29) is 39.2 Å². The molecular weight excluding hydrogens is 411 g/mol. The zero-order valence-electron chi connectivity index (χ0n) is 13.1. The Morgan fingerprint density at radius 3 is 2.68 bits per heavy atom. The Balaban J connectivity index is 2.03. The minimum Gasteiger partial charge on any atom is -0.377 e. The first kappa shape index (κ1) is 20.5. The molecule has 1 atom stereocenters. The van der Waals surface area contributed by atoms with Crippen LogP contribution in [0.5, 0.6) is 0 Å². The normalized spacial score (nSPS) is 17.3. The summed E-state index contributed by atoms with van der Waals surface area (Å²) in [7, 11) is -3.74. The standard InChI is InChI=1S/C15H17Cl3N2O4S/c16-13(14(17)18)9-19-15(21)10-3-1-5-12(7-10)25(22,23)20-8-11-4-2-6-24-11/h1,3,5,7,11,20H,2,4,6,8-9H2,(H,19,21)/t11-/m1/s1. The van der Waals surface area contributed by atoms with Gasteiger partial charge in [-0.25, -0.2) is 13.1 Å². The van der Waals surface area contributed by atoms with E-state index >= 15 is 0 Å². The SMILES string of the molecule is O=C(NCC(Cl)=C(Cl)Cl)c1cccc(S(=O)(=O)NC[C@H]2CCCO2)c1. The first-order valence-corrected chi connectivity index (χ1v) is 10.1. The average molecular weight is 428 g/mol. The molecule has 2 rings (SSSR count). The molecule has 6 nitrogen and oxygen atoms in total. The number of carbonyl (C=O) groups excluding carboxylic acids is 1. The molecule has 1 fully saturated rings. The molecule has 25 heavy (non-hydrogen) atoms. The van der Waals surface area contributed by atoms with Gasteiger partial charge in [-0.2, -0.15) is 0 Å². The van der Waals surface area contributed by atoms with Crippen LogP contribution in [0.4, 0.5) is 0 Å². The van der Waals surface area contributed by atoms with Crippen molar-refractivity contribution >= 4 is 50.7 Å². The lowest BCUT2D eigenvalue weighted by Crippen LogP contribution is -2.32. The van der Waals surface area contributed by atoms with Crippen LogP contribution in [0.3, 0.4) is 0 Å². The lowest BCUT2D eigenvalue weighted by atomic mass is 10.2. The summed E-state index contributed by atoms with van der Waals surface area (Å²) in [5, 5.41) is 2.58. The molecular formula is C15H17Cl3N2O4S. The number of benzene rings is 1. The van der Waals surface area contributed by atoms with Crippen molar-refractivity contribution in [2.24, 2.45) is 0 Å². The number of hydrogen-bond donors (Lipinski definition) is 2. The number of hydrogen-bond acceptors (Lipinski definition) is 4. The van der Waals surface area contributed by atoms with E-state index in [0.717, 1.165) is 12.8 Å². The quantitative estimate of drug-likeness (QED) is 0.701. The summed E-state index contributed by atoms with van der Waals surface area (Å²) in [5.41, 5.74) is 0.176. The van der Waals surface area contributed by atoms with Crippen molar-refractivity contribution in [2.45, 2.75) is 23.8 Å². The predicted octanol–water partition coefficient (Wildman–Crippen LogP) is 2.76. The van der Waals surface area contributed by atoms with Crippen LogP contribution in [0, 0.1) is 0 Å². The number of halogens is 3. The summed E-state index contributed by atoms with van der Waals surface area (Å²) in [5.74, 6) is -0.496. The molecule has 10 heteroatoms. The summed E-state index contributed by atoms with van der Waals surface area (Å²) < 4.78 is 32.5. The fourth-order valence-electron chi connectivity index (χ4n) is 2.22. The van der Waals surface area contributed by atoms with E-state index in [4.69, 9.17) is 39.5 Å². The monoisotopic (exact) mass is 426 g/mol. The smallest absolute Gasteiger partial charge is 0.251 e. The molecule has 1 aliphatic rings. The van der Waals surface area contributed by atoms with Crippen molar-refractivity contribution < 1.29 is 17.9 Å². The summed E-state index contributed by atoms with van der Waals surface area (Å²) in [6.45, 7) is 0.787. The molecule has 1 heterocycles. The van der Waals surface area contributed by atoms with Gasteiger partial charge in [0.25, 0.3) is 5.91 Å². The summed E-state index contributed by atoms with van der Waals surface area (Å²) >= 11 is 16.7. The number of nitrogens with one attached hydrogen (secondary N) is 2. The van der Waals surface area contributed by atoms with Gasteiger partial charge in [0, 0.05) is 18.7 Å². The highest BCUT2D eigenvalue weighted by Gasteiger charge is 2.21. The van der Waals surface area contributed by atoms with E-state index in [1.54, 1.807) is 0 Å². The number of amides is 1. The lowest BCUT2D eigenvalue weighted by molar-refractivity contribution is 0.0957. The molecule has 1 saturated heterocycles. The molecule has 0 aromatic heterocycles. The lowest BCUT2D eigenvalue weighted by Gasteiger charge is -2.12. The number of ether oxygens (including phenoxy) is 1. The Kier molecular flexibility index (Phi) is 7.54. The highest BCUT2D eigenvalue weighted by Crippen LogP contribution is 2.17. The highest BCUT2D eigenvalue weighted by atomic mass is 35.5. The van der Waals surface area contributed by atoms with Crippen molar-refractivity contribution in [3.63, 3.8) is 0 Å². The molecule has 2 N–H and O–H groups in total. The Morgan fingerprint density at radius 1 is 1.28 bits per heavy atom. The Bertz CT molecular complexity index is 758. The van der Waals surface area contributed by atoms with Crippen LogP contribution in [0.1, 0.15) is 23.2 Å². The van der Waals surface area contributed by atoms with Crippen LogP contribution in [0.15, 0.2) is 38.7 Å². The van der Waals surface area contributed by atoms with Gasteiger partial charge in [-0.3, -0.25) is 4.79 Å². The third-order valence-electron chi connectivity index (χ3n) is 3.54. The van der Waals surface area contributed by atoms with Gasteiger partial charge >= 0.3 is 0 Å². The maximum Gasteiger partial charge on any atom is 0.251 e. The minimum absolute atomic E-state index is 0.00448. The highest BCUT2D eigenvalue weighted by molar-refractivity contribution is 7.89. The predicted molar refractivity (Wildman–Crippen MR) is 97.5 cm³/mol. The molecule has 138 valence electrons. The van der Waals surface area contributed by atoms with E-state index < -0.39 is 15.9 Å². The molecule has 0 radical (unpaired) electrons. The summed E-state index contributed by atoms with van der Waals surface area (Å²) in [4.78, 5) is 12.1. The second-order valence-corrected chi connectivity index (χ2v) is 8.54. The summed E-state index contributed by atoms with van der Waals surface area (Å²) in [6, 6.07) is 5.68. The van der Waals surface area contributed by atoms with Crippen LogP contribution in [-0.2, 0) is 14.8 Å². The molecule has 1 aliphatic heterocycles. The first-order chi connectivity index (χ1) is 11.8. The zero-order valence-corrected chi connectivity index (χ0v) is 16.2. The van der Waals surface area contributed by atoms with Gasteiger partial charge in [-0.05, 0) is 31.0 Å². The van der Waals surface area contributed by atoms with Crippen molar-refractivity contribution in [2.75, 3.05) is 19.7 Å². The van der Waals surface area contributed by atoms with Crippen LogP contribution in [0.25, 0.3) is 0 Å². The van der Waals surface area contributed by atoms with Crippen LogP contribution < -0.4 is 10.0 Å². The van der Waals surface area contributed by atoms with Gasteiger partial charge < -0.3 is 10.1 Å². The Morgan fingerprint density at radius 2 is 2.04 bits per heavy atom. The second kappa shape index (κ2) is 9.21. The van der Waals surface area contributed by atoms with Gasteiger partial charge in [0.2, 0.25) is 10.0 Å². The number of carbonyl (C=O) groups is 1. The van der Waals surface area contributed by atoms with Gasteiger partial charge in [0.15, 0.2) is 0 Å². The molecule has 0 aliphatic carbocycles. The van der Waals surface area contributed by atoms with Crippen LogP contribution in [0.2, 0.25) is 0 Å². The van der Waals surface area contributed by atoms with Gasteiger partial charge in [-0.1, -0.05) is 40.9 Å². The van der Waals surface area contributed by atoms with Crippen molar-refractivity contribution in [3.05, 3.63) is 39.4 Å². The Hall–Kier alpha value is -0.830. The number of sulfonamides is 1. The molecule has 0 spiro atoms. The average Bonchev–Trinajstić information content (AvgIpc) is 3.11. The maximum absolute atomic E-state index is 12.4. The van der Waals surface area contributed by atoms with E-state index in [1.807, 2.05) is 0 Å². The molecule has 1 aromatic rings. The van der Waals surface area contributed by atoms with E-state index in [9.17, 15) is 13.2 Å². The van der Waals surface area contributed by atoms with Crippen LogP contribution >= 0.6 is 34.8 Å². The molecule has 1 aromatic carbocycles. The van der Waals surface area contributed by atoms with Crippen molar-refractivity contribution in [3.8, 4) is 0 Å². The molecule has 0 bridgehead atoms. The number of rotatable bonds is 7. The fourth-order valence-corrected chi connectivity index (χ4v) is 3.53. The third-order valence-corrected chi connectivity index (χ3v) is 5.93. The largest absolute Gasteiger partial charge is 0.377 e.